The van der Waals surface area contributed by atoms with Gasteiger partial charge < -0.3 is 4.98 Å². The summed E-state index contributed by atoms with van der Waals surface area (Å²) in [4.78, 5) is 3.01. The zero-order valence-electron chi connectivity index (χ0n) is 10.3. The molecule has 0 saturated heterocycles. The molecule has 4 nitrogen and oxygen atoms in total. The Morgan fingerprint density at radius 1 is 1.10 bits per heavy atom. The highest BCUT2D eigenvalue weighted by atomic mass is 32.2. The average Bonchev–Trinajstić information content (AvgIpc) is 2.80. The van der Waals surface area contributed by atoms with Gasteiger partial charge in [-0.05, 0) is 35.9 Å². The first-order chi connectivity index (χ1) is 9.45. The molecule has 0 aliphatic heterocycles. The van der Waals surface area contributed by atoms with E-state index in [0.29, 0.717) is 11.1 Å². The van der Waals surface area contributed by atoms with E-state index >= 15 is 0 Å². The highest BCUT2D eigenvalue weighted by molar-refractivity contribution is 7.89. The van der Waals surface area contributed by atoms with Crippen LogP contribution in [-0.4, -0.2) is 13.4 Å². The molecule has 0 spiro atoms. The Kier molecular flexibility index (Phi) is 2.84. The van der Waals surface area contributed by atoms with Crippen LogP contribution in [0.3, 0.4) is 0 Å². The molecule has 0 fully saturated rings. The van der Waals surface area contributed by atoms with Gasteiger partial charge in [-0.2, -0.15) is 0 Å². The van der Waals surface area contributed by atoms with Crippen LogP contribution in [0.25, 0.3) is 22.0 Å². The predicted molar refractivity (Wildman–Crippen MR) is 75.1 cm³/mol. The van der Waals surface area contributed by atoms with Crippen molar-refractivity contribution in [2.24, 2.45) is 5.14 Å². The summed E-state index contributed by atoms with van der Waals surface area (Å²) in [5, 5.41) is 5.94. The number of hydrogen-bond donors (Lipinski definition) is 2. The number of hydrogen-bond acceptors (Lipinski definition) is 2. The zero-order chi connectivity index (χ0) is 14.3. The fourth-order valence-corrected chi connectivity index (χ4v) is 2.74. The third-order valence-electron chi connectivity index (χ3n) is 3.12. The molecule has 0 unspecified atom stereocenters. The van der Waals surface area contributed by atoms with Gasteiger partial charge in [0, 0.05) is 22.7 Å². The van der Waals surface area contributed by atoms with Gasteiger partial charge in [-0.15, -0.1) is 0 Å². The van der Waals surface area contributed by atoms with Crippen LogP contribution in [-0.2, 0) is 10.0 Å². The van der Waals surface area contributed by atoms with Gasteiger partial charge in [-0.1, -0.05) is 12.1 Å². The number of aromatic amines is 1. The largest absolute Gasteiger partial charge is 0.360 e. The van der Waals surface area contributed by atoms with E-state index in [1.54, 1.807) is 24.4 Å². The summed E-state index contributed by atoms with van der Waals surface area (Å²) < 4.78 is 35.9. The fourth-order valence-electron chi connectivity index (χ4n) is 2.18. The van der Waals surface area contributed by atoms with Gasteiger partial charge in [-0.3, -0.25) is 0 Å². The minimum absolute atomic E-state index is 0.0476. The molecule has 0 aliphatic carbocycles. The SMILES string of the molecule is NS(=O)(=O)c1cccc(-c2c[nH]c3cc(F)ccc23)c1. The molecule has 0 amide bonds. The van der Waals surface area contributed by atoms with Gasteiger partial charge in [0.2, 0.25) is 10.0 Å². The summed E-state index contributed by atoms with van der Waals surface area (Å²) in [6.07, 6.45) is 1.71. The maximum Gasteiger partial charge on any atom is 0.238 e. The van der Waals surface area contributed by atoms with Crippen molar-refractivity contribution in [3.63, 3.8) is 0 Å². The Bertz CT molecular complexity index is 900. The maximum atomic E-state index is 13.2. The summed E-state index contributed by atoms with van der Waals surface area (Å²) in [7, 11) is -3.75. The number of nitrogens with one attached hydrogen (secondary N) is 1. The smallest absolute Gasteiger partial charge is 0.238 e. The lowest BCUT2D eigenvalue weighted by atomic mass is 10.1. The first kappa shape index (κ1) is 12.8. The van der Waals surface area contributed by atoms with E-state index in [-0.39, 0.29) is 10.7 Å². The van der Waals surface area contributed by atoms with Crippen molar-refractivity contribution < 1.29 is 12.8 Å². The van der Waals surface area contributed by atoms with Crippen molar-refractivity contribution in [2.45, 2.75) is 4.90 Å². The lowest BCUT2D eigenvalue weighted by molar-refractivity contribution is 0.598. The maximum absolute atomic E-state index is 13.2. The molecule has 0 aliphatic rings. The third-order valence-corrected chi connectivity index (χ3v) is 4.03. The lowest BCUT2D eigenvalue weighted by Gasteiger charge is -2.03. The molecule has 0 radical (unpaired) electrons. The number of H-pyrrole nitrogens is 1. The van der Waals surface area contributed by atoms with E-state index in [2.05, 4.69) is 4.98 Å². The standard InChI is InChI=1S/C14H11FN2O2S/c15-10-4-5-12-13(8-17-14(12)7-10)9-2-1-3-11(6-9)20(16,18)19/h1-8,17H,(H2,16,18,19). The normalized spacial score (nSPS) is 11.9. The molecule has 3 aromatic rings. The van der Waals surface area contributed by atoms with Gasteiger partial charge in [0.25, 0.3) is 0 Å². The van der Waals surface area contributed by atoms with Crippen molar-refractivity contribution in [1.82, 2.24) is 4.98 Å². The molecule has 0 saturated carbocycles. The Morgan fingerprint density at radius 2 is 1.90 bits per heavy atom. The number of halogens is 1. The van der Waals surface area contributed by atoms with E-state index in [1.807, 2.05) is 0 Å². The second-order valence-corrected chi connectivity index (χ2v) is 6.03. The van der Waals surface area contributed by atoms with Gasteiger partial charge in [-0.25, -0.2) is 17.9 Å². The Hall–Kier alpha value is -2.18. The van der Waals surface area contributed by atoms with Crippen molar-refractivity contribution in [1.29, 1.82) is 0 Å². The number of rotatable bonds is 2. The Balaban J connectivity index is 2.21. The van der Waals surface area contributed by atoms with Crippen molar-refractivity contribution in [3.05, 3.63) is 54.5 Å². The van der Waals surface area contributed by atoms with Gasteiger partial charge in [0.1, 0.15) is 5.82 Å². The van der Waals surface area contributed by atoms with Crippen LogP contribution in [0.4, 0.5) is 4.39 Å². The first-order valence-electron chi connectivity index (χ1n) is 5.85. The van der Waals surface area contributed by atoms with Gasteiger partial charge >= 0.3 is 0 Å². The number of aromatic nitrogens is 1. The molecule has 1 aromatic heterocycles. The molecule has 1 heterocycles. The van der Waals surface area contributed by atoms with Crippen LogP contribution in [0.2, 0.25) is 0 Å². The predicted octanol–water partition coefficient (Wildman–Crippen LogP) is 2.62. The fraction of sp³-hybridized carbons (Fsp3) is 0. The monoisotopic (exact) mass is 290 g/mol. The molecule has 2 aromatic carbocycles. The van der Waals surface area contributed by atoms with E-state index in [0.717, 1.165) is 10.9 Å². The topological polar surface area (TPSA) is 76.0 Å². The molecule has 102 valence electrons. The van der Waals surface area contributed by atoms with Crippen LogP contribution in [0, 0.1) is 5.82 Å². The Labute approximate surface area is 115 Å². The number of fused-ring (bicyclic) bond motifs is 1. The molecule has 0 bridgehead atoms. The number of primary sulfonamides is 1. The summed E-state index contributed by atoms with van der Waals surface area (Å²) in [5.74, 6) is -0.329. The highest BCUT2D eigenvalue weighted by Crippen LogP contribution is 2.30. The van der Waals surface area contributed by atoms with Gasteiger partial charge in [0.05, 0.1) is 4.90 Å². The number of benzene rings is 2. The van der Waals surface area contributed by atoms with E-state index in [4.69, 9.17) is 5.14 Å². The van der Waals surface area contributed by atoms with Crippen LogP contribution in [0.15, 0.2) is 53.6 Å². The molecular formula is C14H11FN2O2S. The van der Waals surface area contributed by atoms with Gasteiger partial charge in [0.15, 0.2) is 0 Å². The van der Waals surface area contributed by atoms with E-state index in [1.165, 1.54) is 24.3 Å². The van der Waals surface area contributed by atoms with E-state index < -0.39 is 10.0 Å². The third kappa shape index (κ3) is 2.19. The lowest BCUT2D eigenvalue weighted by Crippen LogP contribution is -2.11. The molecule has 6 heteroatoms. The van der Waals surface area contributed by atoms with Crippen LogP contribution in [0.1, 0.15) is 0 Å². The van der Waals surface area contributed by atoms with Crippen LogP contribution >= 0.6 is 0 Å². The van der Waals surface area contributed by atoms with E-state index in [9.17, 15) is 12.8 Å². The minimum atomic E-state index is -3.75. The summed E-state index contributed by atoms with van der Waals surface area (Å²) in [5.41, 5.74) is 2.15. The van der Waals surface area contributed by atoms with Crippen molar-refractivity contribution in [2.75, 3.05) is 0 Å². The van der Waals surface area contributed by atoms with Crippen LogP contribution in [0.5, 0.6) is 0 Å². The second-order valence-electron chi connectivity index (χ2n) is 4.47. The van der Waals surface area contributed by atoms with Crippen molar-refractivity contribution in [3.8, 4) is 11.1 Å². The molecular weight excluding hydrogens is 279 g/mol. The quantitative estimate of drug-likeness (QED) is 0.761. The molecule has 3 rings (SSSR count). The highest BCUT2D eigenvalue weighted by Gasteiger charge is 2.11. The van der Waals surface area contributed by atoms with Crippen molar-refractivity contribution >= 4 is 20.9 Å². The minimum Gasteiger partial charge on any atom is -0.360 e. The average molecular weight is 290 g/mol. The number of nitrogens with two attached hydrogens (primary N) is 1. The molecule has 3 N–H and O–H groups in total. The first-order valence-corrected chi connectivity index (χ1v) is 7.40. The number of sulfonamides is 1. The second kappa shape index (κ2) is 4.43. The summed E-state index contributed by atoms with van der Waals surface area (Å²) >= 11 is 0. The van der Waals surface area contributed by atoms with Crippen LogP contribution < -0.4 is 5.14 Å². The molecule has 20 heavy (non-hydrogen) atoms. The summed E-state index contributed by atoms with van der Waals surface area (Å²) in [6, 6.07) is 10.7. The Morgan fingerprint density at radius 3 is 2.65 bits per heavy atom. The zero-order valence-corrected chi connectivity index (χ0v) is 11.1. The summed E-state index contributed by atoms with van der Waals surface area (Å²) in [6.45, 7) is 0. The molecule has 0 atom stereocenters.